The van der Waals surface area contributed by atoms with E-state index in [-0.39, 0.29) is 24.8 Å². The van der Waals surface area contributed by atoms with Crippen molar-refractivity contribution in [1.29, 1.82) is 0 Å². The lowest BCUT2D eigenvalue weighted by atomic mass is 10.1. The first-order valence-corrected chi connectivity index (χ1v) is 9.65. The van der Waals surface area contributed by atoms with Crippen LogP contribution in [0.5, 0.6) is 5.75 Å². The summed E-state index contributed by atoms with van der Waals surface area (Å²) in [5.74, 6) is 0.949. The number of nitrogens with one attached hydrogen (secondary N) is 2. The van der Waals surface area contributed by atoms with Gasteiger partial charge in [-0.2, -0.15) is 0 Å². The summed E-state index contributed by atoms with van der Waals surface area (Å²) in [4.78, 5) is 28.8. The van der Waals surface area contributed by atoms with Crippen molar-refractivity contribution in [2.45, 2.75) is 40.7 Å². The third-order valence-electron chi connectivity index (χ3n) is 4.76. The molecule has 0 bridgehead atoms. The van der Waals surface area contributed by atoms with Crippen molar-refractivity contribution in [2.24, 2.45) is 0 Å². The molecule has 2 N–H and O–H groups in total. The lowest BCUT2D eigenvalue weighted by Gasteiger charge is -2.11. The number of hydrazine groups is 1. The van der Waals surface area contributed by atoms with Gasteiger partial charge in [0.25, 0.3) is 5.91 Å². The summed E-state index contributed by atoms with van der Waals surface area (Å²) in [5, 5.41) is 0. The van der Waals surface area contributed by atoms with Gasteiger partial charge in [0, 0.05) is 12.1 Å². The summed E-state index contributed by atoms with van der Waals surface area (Å²) in [6.45, 7) is 8.97. The minimum atomic E-state index is -0.389. The highest BCUT2D eigenvalue weighted by Gasteiger charge is 2.12. The maximum absolute atomic E-state index is 12.3. The number of carbonyl (C=O) groups excluding carboxylic acids is 2. The van der Waals surface area contributed by atoms with Crippen molar-refractivity contribution in [3.8, 4) is 5.75 Å². The first kappa shape index (κ1) is 20.4. The summed E-state index contributed by atoms with van der Waals surface area (Å²) in [6, 6.07) is 11.2. The van der Waals surface area contributed by atoms with Crippen molar-refractivity contribution in [3.63, 3.8) is 0 Å². The highest BCUT2D eigenvalue weighted by Crippen LogP contribution is 2.19. The summed E-state index contributed by atoms with van der Waals surface area (Å²) in [7, 11) is 0. The van der Waals surface area contributed by atoms with Gasteiger partial charge in [0.1, 0.15) is 11.6 Å². The van der Waals surface area contributed by atoms with Crippen LogP contribution in [-0.2, 0) is 11.3 Å². The number of hydrogen-bond acceptors (Lipinski definition) is 4. The van der Waals surface area contributed by atoms with Crippen LogP contribution in [0.3, 0.4) is 0 Å². The summed E-state index contributed by atoms with van der Waals surface area (Å²) in [5.41, 5.74) is 9.15. The predicted octanol–water partition coefficient (Wildman–Crippen LogP) is 3.21. The Morgan fingerprint density at radius 2 is 1.86 bits per heavy atom. The molecule has 0 unspecified atom stereocenters. The Kier molecular flexibility index (Phi) is 6.16. The number of fused-ring (bicyclic) bond motifs is 1. The molecular weight excluding hydrogens is 368 g/mol. The monoisotopic (exact) mass is 394 g/mol. The molecule has 0 radical (unpaired) electrons. The SMILES string of the molecule is CCn1c(C)nc2cc(C(=O)NNC(=O)CCOc3cc(C)ccc3C)ccc21. The third kappa shape index (κ3) is 4.74. The second-order valence-corrected chi connectivity index (χ2v) is 6.98. The standard InChI is InChI=1S/C22H26N4O3/c1-5-26-16(4)23-18-13-17(8-9-19(18)26)22(28)25-24-21(27)10-11-29-20-12-14(2)6-7-15(20)3/h6-9,12-13H,5,10-11H2,1-4H3,(H,24,27)(H,25,28). The fraction of sp³-hybridized carbons (Fsp3) is 0.318. The molecule has 0 saturated heterocycles. The van der Waals surface area contributed by atoms with Crippen LogP contribution in [0.4, 0.5) is 0 Å². The quantitative estimate of drug-likeness (QED) is 0.629. The van der Waals surface area contributed by atoms with Crippen LogP contribution in [0.25, 0.3) is 11.0 Å². The Bertz CT molecular complexity index is 1060. The number of benzene rings is 2. The van der Waals surface area contributed by atoms with Crippen LogP contribution >= 0.6 is 0 Å². The van der Waals surface area contributed by atoms with Gasteiger partial charge < -0.3 is 9.30 Å². The van der Waals surface area contributed by atoms with Crippen molar-refractivity contribution in [3.05, 3.63) is 58.9 Å². The summed E-state index contributed by atoms with van der Waals surface area (Å²) >= 11 is 0. The molecule has 2 amide bonds. The number of aryl methyl sites for hydroxylation is 4. The number of nitrogens with zero attached hydrogens (tertiary/aromatic N) is 2. The molecule has 0 saturated carbocycles. The van der Waals surface area contributed by atoms with Crippen LogP contribution in [0.2, 0.25) is 0 Å². The van der Waals surface area contributed by atoms with Crippen LogP contribution in [0.1, 0.15) is 40.7 Å². The van der Waals surface area contributed by atoms with Gasteiger partial charge in [0.15, 0.2) is 0 Å². The van der Waals surface area contributed by atoms with E-state index in [1.165, 1.54) is 0 Å². The van der Waals surface area contributed by atoms with E-state index in [4.69, 9.17) is 4.74 Å². The van der Waals surface area contributed by atoms with Crippen LogP contribution < -0.4 is 15.6 Å². The number of ether oxygens (including phenoxy) is 1. The van der Waals surface area contributed by atoms with Crippen LogP contribution in [0, 0.1) is 20.8 Å². The number of rotatable bonds is 6. The summed E-state index contributed by atoms with van der Waals surface area (Å²) in [6.07, 6.45) is 0.132. The molecule has 0 aliphatic rings. The summed E-state index contributed by atoms with van der Waals surface area (Å²) < 4.78 is 7.75. The van der Waals surface area contributed by atoms with E-state index in [1.54, 1.807) is 12.1 Å². The molecule has 3 aromatic rings. The highest BCUT2D eigenvalue weighted by atomic mass is 16.5. The number of imidazole rings is 1. The van der Waals surface area contributed by atoms with Gasteiger partial charge in [0.05, 0.1) is 24.1 Å². The molecule has 3 rings (SSSR count). The fourth-order valence-electron chi connectivity index (χ4n) is 3.17. The third-order valence-corrected chi connectivity index (χ3v) is 4.76. The van der Waals surface area contributed by atoms with E-state index < -0.39 is 0 Å². The maximum atomic E-state index is 12.3. The van der Waals surface area contributed by atoms with Gasteiger partial charge in [0.2, 0.25) is 5.91 Å². The second-order valence-electron chi connectivity index (χ2n) is 6.98. The second kappa shape index (κ2) is 8.77. The van der Waals surface area contributed by atoms with Crippen LogP contribution in [0.15, 0.2) is 36.4 Å². The minimum Gasteiger partial charge on any atom is -0.493 e. The van der Waals surface area contributed by atoms with Crippen molar-refractivity contribution in [2.75, 3.05) is 6.61 Å². The van der Waals surface area contributed by atoms with Gasteiger partial charge in [-0.25, -0.2) is 4.98 Å². The van der Waals surface area contributed by atoms with E-state index in [9.17, 15) is 9.59 Å². The smallest absolute Gasteiger partial charge is 0.269 e. The fourth-order valence-corrected chi connectivity index (χ4v) is 3.17. The molecule has 0 atom stereocenters. The molecular formula is C22H26N4O3. The molecule has 152 valence electrons. The van der Waals surface area contributed by atoms with Gasteiger partial charge in [-0.15, -0.1) is 0 Å². The maximum Gasteiger partial charge on any atom is 0.269 e. The van der Waals surface area contributed by atoms with Crippen LogP contribution in [-0.4, -0.2) is 28.0 Å². The lowest BCUT2D eigenvalue weighted by molar-refractivity contribution is -0.122. The topological polar surface area (TPSA) is 85.3 Å². The van der Waals surface area contributed by atoms with E-state index in [1.807, 2.05) is 52.0 Å². The zero-order valence-corrected chi connectivity index (χ0v) is 17.2. The Balaban J connectivity index is 1.51. The van der Waals surface area contributed by atoms with Gasteiger partial charge in [-0.05, 0) is 63.1 Å². The molecule has 2 aromatic carbocycles. The molecule has 1 heterocycles. The molecule has 0 aliphatic heterocycles. The van der Waals surface area contributed by atoms with E-state index in [0.717, 1.165) is 40.3 Å². The highest BCUT2D eigenvalue weighted by molar-refractivity contribution is 5.98. The van der Waals surface area contributed by atoms with E-state index in [0.29, 0.717) is 5.56 Å². The largest absolute Gasteiger partial charge is 0.493 e. The molecule has 7 heteroatoms. The molecule has 7 nitrogen and oxygen atoms in total. The molecule has 0 spiro atoms. The Morgan fingerprint density at radius 1 is 1.07 bits per heavy atom. The Hall–Kier alpha value is -3.35. The number of amides is 2. The zero-order chi connectivity index (χ0) is 21.0. The molecule has 1 aromatic heterocycles. The van der Waals surface area contributed by atoms with Crippen molar-refractivity contribution in [1.82, 2.24) is 20.4 Å². The number of hydrogen-bond donors (Lipinski definition) is 2. The minimum absolute atomic E-state index is 0.132. The van der Waals surface area contributed by atoms with E-state index in [2.05, 4.69) is 20.4 Å². The normalized spacial score (nSPS) is 10.8. The van der Waals surface area contributed by atoms with Crippen molar-refractivity contribution < 1.29 is 14.3 Å². The predicted molar refractivity (Wildman–Crippen MR) is 112 cm³/mol. The first-order valence-electron chi connectivity index (χ1n) is 9.65. The van der Waals surface area contributed by atoms with E-state index >= 15 is 0 Å². The Labute approximate surface area is 170 Å². The van der Waals surface area contributed by atoms with Gasteiger partial charge in [-0.1, -0.05) is 12.1 Å². The average Bonchev–Trinajstić information content (AvgIpc) is 3.02. The van der Waals surface area contributed by atoms with Crippen molar-refractivity contribution >= 4 is 22.8 Å². The Morgan fingerprint density at radius 3 is 2.62 bits per heavy atom. The first-order chi connectivity index (χ1) is 13.9. The average molecular weight is 394 g/mol. The van der Waals surface area contributed by atoms with Gasteiger partial charge >= 0.3 is 0 Å². The molecule has 0 aliphatic carbocycles. The molecule has 0 fully saturated rings. The van der Waals surface area contributed by atoms with Gasteiger partial charge in [-0.3, -0.25) is 20.4 Å². The lowest BCUT2D eigenvalue weighted by Crippen LogP contribution is -2.42. The number of carbonyl (C=O) groups is 2. The number of aromatic nitrogens is 2. The molecule has 29 heavy (non-hydrogen) atoms. The zero-order valence-electron chi connectivity index (χ0n) is 17.2.